The van der Waals surface area contributed by atoms with Gasteiger partial charge in [-0.25, -0.2) is 0 Å². The fourth-order valence-corrected chi connectivity index (χ4v) is 3.11. The Hall–Kier alpha value is -0.710. The fraction of sp³-hybridized carbons (Fsp3) is 0.533. The number of hydrogen-bond acceptors (Lipinski definition) is 3. The number of ketones is 1. The Morgan fingerprint density at radius 3 is 3.00 bits per heavy atom. The second kappa shape index (κ2) is 6.64. The van der Waals surface area contributed by atoms with E-state index in [-0.39, 0.29) is 18.4 Å². The van der Waals surface area contributed by atoms with Crippen molar-refractivity contribution in [1.29, 1.82) is 0 Å². The summed E-state index contributed by atoms with van der Waals surface area (Å²) in [7, 11) is 0. The van der Waals surface area contributed by atoms with Gasteiger partial charge in [-0.05, 0) is 31.0 Å². The van der Waals surface area contributed by atoms with Crippen LogP contribution in [0, 0.1) is 5.92 Å². The quantitative estimate of drug-likeness (QED) is 0.846. The van der Waals surface area contributed by atoms with E-state index in [1.54, 1.807) is 0 Å². The molecule has 0 aromatic heterocycles. The molecule has 0 spiro atoms. The number of hydrogen-bond donors (Lipinski definition) is 1. The van der Waals surface area contributed by atoms with Crippen LogP contribution in [0.3, 0.4) is 0 Å². The van der Waals surface area contributed by atoms with Gasteiger partial charge in [-0.3, -0.25) is 9.69 Å². The maximum absolute atomic E-state index is 12.1. The number of likely N-dealkylation sites (tertiary alicyclic amines) is 1. The molecule has 104 valence electrons. The first-order chi connectivity index (χ1) is 9.11. The van der Waals surface area contributed by atoms with Gasteiger partial charge in [0.25, 0.3) is 0 Å². The van der Waals surface area contributed by atoms with Gasteiger partial charge in [0.2, 0.25) is 0 Å². The molecular formula is C15H20BrNO2. The van der Waals surface area contributed by atoms with Gasteiger partial charge in [-0.2, -0.15) is 0 Å². The van der Waals surface area contributed by atoms with Crippen LogP contribution < -0.4 is 0 Å². The molecule has 0 aliphatic carbocycles. The highest BCUT2D eigenvalue weighted by molar-refractivity contribution is 9.10. The third-order valence-electron chi connectivity index (χ3n) is 3.96. The minimum Gasteiger partial charge on any atom is -0.395 e. The number of carbonyl (C=O) groups is 1. The van der Waals surface area contributed by atoms with Crippen molar-refractivity contribution in [2.24, 2.45) is 5.92 Å². The van der Waals surface area contributed by atoms with Gasteiger partial charge in [-0.15, -0.1) is 0 Å². The van der Waals surface area contributed by atoms with Gasteiger partial charge >= 0.3 is 0 Å². The summed E-state index contributed by atoms with van der Waals surface area (Å²) < 4.78 is 0.932. The normalized spacial score (nSPS) is 23.7. The summed E-state index contributed by atoms with van der Waals surface area (Å²) in [6.45, 7) is 4.07. The zero-order valence-corrected chi connectivity index (χ0v) is 12.8. The van der Waals surface area contributed by atoms with Crippen LogP contribution in [0.15, 0.2) is 28.7 Å². The van der Waals surface area contributed by atoms with Crippen molar-refractivity contribution in [3.8, 4) is 0 Å². The summed E-state index contributed by atoms with van der Waals surface area (Å²) in [5.41, 5.74) is 0.752. The van der Waals surface area contributed by atoms with E-state index < -0.39 is 0 Å². The van der Waals surface area contributed by atoms with Crippen LogP contribution in [0.5, 0.6) is 0 Å². The summed E-state index contributed by atoms with van der Waals surface area (Å²) in [5.74, 6) is 0.684. The van der Waals surface area contributed by atoms with Crippen molar-refractivity contribution in [1.82, 2.24) is 4.90 Å². The monoisotopic (exact) mass is 325 g/mol. The lowest BCUT2D eigenvalue weighted by molar-refractivity contribution is 0.0933. The topological polar surface area (TPSA) is 40.5 Å². The van der Waals surface area contributed by atoms with E-state index in [9.17, 15) is 9.90 Å². The third-order valence-corrected chi connectivity index (χ3v) is 4.45. The molecule has 0 amide bonds. The van der Waals surface area contributed by atoms with Crippen LogP contribution in [0.25, 0.3) is 0 Å². The van der Waals surface area contributed by atoms with Crippen molar-refractivity contribution < 1.29 is 9.90 Å². The molecule has 0 radical (unpaired) electrons. The summed E-state index contributed by atoms with van der Waals surface area (Å²) in [5, 5.41) is 9.39. The Kier molecular flexibility index (Phi) is 5.13. The summed E-state index contributed by atoms with van der Waals surface area (Å²) >= 11 is 3.38. The highest BCUT2D eigenvalue weighted by Gasteiger charge is 2.30. The van der Waals surface area contributed by atoms with Crippen LogP contribution in [0.2, 0.25) is 0 Å². The van der Waals surface area contributed by atoms with Crippen LogP contribution in [-0.4, -0.2) is 41.5 Å². The van der Waals surface area contributed by atoms with Gasteiger partial charge in [0, 0.05) is 29.0 Å². The van der Waals surface area contributed by atoms with Crippen LogP contribution in [0.4, 0.5) is 0 Å². The minimum absolute atomic E-state index is 0.164. The molecule has 1 aliphatic heterocycles. The molecule has 3 nitrogen and oxygen atoms in total. The van der Waals surface area contributed by atoms with Crippen LogP contribution in [0.1, 0.15) is 30.1 Å². The van der Waals surface area contributed by atoms with Gasteiger partial charge in [0.05, 0.1) is 6.61 Å². The first kappa shape index (κ1) is 14.7. The maximum Gasteiger partial charge on any atom is 0.164 e. The first-order valence-electron chi connectivity index (χ1n) is 6.75. The lowest BCUT2D eigenvalue weighted by atomic mass is 10.0. The molecule has 1 aromatic rings. The average molecular weight is 326 g/mol. The maximum atomic E-state index is 12.1. The van der Waals surface area contributed by atoms with Crippen LogP contribution >= 0.6 is 15.9 Å². The van der Waals surface area contributed by atoms with Crippen molar-refractivity contribution in [2.45, 2.75) is 25.8 Å². The number of aliphatic hydroxyl groups is 1. The molecule has 1 aliphatic rings. The second-order valence-corrected chi connectivity index (χ2v) is 6.15. The Morgan fingerprint density at radius 1 is 1.53 bits per heavy atom. The zero-order valence-electron chi connectivity index (χ0n) is 11.2. The highest BCUT2D eigenvalue weighted by atomic mass is 79.9. The molecule has 0 saturated carbocycles. The number of nitrogens with zero attached hydrogens (tertiary/aromatic N) is 1. The zero-order chi connectivity index (χ0) is 13.8. The lowest BCUT2D eigenvalue weighted by Gasteiger charge is -2.24. The van der Waals surface area contributed by atoms with E-state index in [1.807, 2.05) is 24.3 Å². The number of halogens is 1. The Balaban J connectivity index is 1.90. The summed E-state index contributed by atoms with van der Waals surface area (Å²) in [4.78, 5) is 14.4. The number of benzene rings is 1. The smallest absolute Gasteiger partial charge is 0.164 e. The third kappa shape index (κ3) is 3.65. The standard InChI is InChI=1S/C15H20BrNO2/c1-11-5-7-17(14(11)10-18)8-6-15(19)12-3-2-4-13(16)9-12/h2-4,9,11,14,18H,5-8,10H2,1H3. The van der Waals surface area contributed by atoms with Crippen molar-refractivity contribution in [3.05, 3.63) is 34.3 Å². The Bertz CT molecular complexity index is 450. The lowest BCUT2D eigenvalue weighted by Crippen LogP contribution is -2.36. The molecule has 1 fully saturated rings. The first-order valence-corrected chi connectivity index (χ1v) is 7.55. The summed E-state index contributed by atoms with van der Waals surface area (Å²) in [6.07, 6.45) is 1.62. The molecule has 1 heterocycles. The summed E-state index contributed by atoms with van der Waals surface area (Å²) in [6, 6.07) is 7.73. The number of aliphatic hydroxyl groups excluding tert-OH is 1. The predicted octanol–water partition coefficient (Wildman–Crippen LogP) is 2.72. The van der Waals surface area contributed by atoms with Crippen LogP contribution in [-0.2, 0) is 0 Å². The van der Waals surface area contributed by atoms with Crippen molar-refractivity contribution >= 4 is 21.7 Å². The molecule has 19 heavy (non-hydrogen) atoms. The van der Waals surface area contributed by atoms with E-state index in [1.165, 1.54) is 0 Å². The SMILES string of the molecule is CC1CCN(CCC(=O)c2cccc(Br)c2)C1CO. The molecule has 0 bridgehead atoms. The Morgan fingerprint density at radius 2 is 2.32 bits per heavy atom. The molecule has 2 rings (SSSR count). The van der Waals surface area contributed by atoms with Gasteiger partial charge in [0.1, 0.15) is 0 Å². The average Bonchev–Trinajstić information content (AvgIpc) is 2.76. The molecule has 2 atom stereocenters. The largest absolute Gasteiger partial charge is 0.395 e. The van der Waals surface area contributed by atoms with Gasteiger partial charge < -0.3 is 5.11 Å². The molecule has 1 N–H and O–H groups in total. The van der Waals surface area contributed by atoms with Crippen molar-refractivity contribution in [3.63, 3.8) is 0 Å². The second-order valence-electron chi connectivity index (χ2n) is 5.24. The van der Waals surface area contributed by atoms with E-state index in [0.29, 0.717) is 12.3 Å². The van der Waals surface area contributed by atoms with E-state index in [0.717, 1.165) is 29.5 Å². The van der Waals surface area contributed by atoms with Gasteiger partial charge in [-0.1, -0.05) is 35.0 Å². The Labute approximate surface area is 122 Å². The number of Topliss-reactive ketones (excluding diaryl/α,β-unsaturated/α-hetero) is 1. The molecule has 4 heteroatoms. The number of carbonyl (C=O) groups excluding carboxylic acids is 1. The molecule has 2 unspecified atom stereocenters. The number of rotatable bonds is 5. The van der Waals surface area contributed by atoms with E-state index in [2.05, 4.69) is 27.8 Å². The molecule has 1 saturated heterocycles. The molecule has 1 aromatic carbocycles. The highest BCUT2D eigenvalue weighted by Crippen LogP contribution is 2.23. The van der Waals surface area contributed by atoms with Crippen molar-refractivity contribution in [2.75, 3.05) is 19.7 Å². The minimum atomic E-state index is 0.164. The van der Waals surface area contributed by atoms with Gasteiger partial charge in [0.15, 0.2) is 5.78 Å². The molecular weight excluding hydrogens is 306 g/mol. The van der Waals surface area contributed by atoms with E-state index in [4.69, 9.17) is 0 Å². The van der Waals surface area contributed by atoms with E-state index >= 15 is 0 Å². The predicted molar refractivity (Wildman–Crippen MR) is 79.3 cm³/mol. The fourth-order valence-electron chi connectivity index (χ4n) is 2.71.